The molecule has 6 rings (SSSR count). The number of pyridine rings is 3. The van der Waals surface area contributed by atoms with Gasteiger partial charge < -0.3 is 14.4 Å². The van der Waals surface area contributed by atoms with Crippen LogP contribution in [0, 0.1) is 29.1 Å². The first-order valence-corrected chi connectivity index (χ1v) is 14.4. The van der Waals surface area contributed by atoms with E-state index < -0.39 is 0 Å². The second-order valence-electron chi connectivity index (χ2n) is 11.3. The Bertz CT molecular complexity index is 1490. The summed E-state index contributed by atoms with van der Waals surface area (Å²) < 4.78 is 14.1. The lowest BCUT2D eigenvalue weighted by Crippen LogP contribution is -2.24. The average molecular weight is 537 g/mol. The third-order valence-electron chi connectivity index (χ3n) is 8.49. The number of nitrogens with zero attached hydrogens (tertiary/aromatic N) is 6. The normalized spacial score (nSPS) is 20.9. The molecular formula is C32H36N6O2. The molecule has 0 aromatic carbocycles. The fourth-order valence-corrected chi connectivity index (χ4v) is 5.98. The molecule has 2 fully saturated rings. The van der Waals surface area contributed by atoms with Gasteiger partial charge in [-0.15, -0.1) is 0 Å². The Morgan fingerprint density at radius 2 is 1.85 bits per heavy atom. The minimum atomic E-state index is 0.254. The second-order valence-corrected chi connectivity index (χ2v) is 11.3. The predicted octanol–water partition coefficient (Wildman–Crippen LogP) is 5.94. The van der Waals surface area contributed by atoms with E-state index in [-0.39, 0.29) is 6.10 Å². The predicted molar refractivity (Wildman–Crippen MR) is 155 cm³/mol. The maximum absolute atomic E-state index is 9.69. The number of aromatic nitrogens is 4. The van der Waals surface area contributed by atoms with Crippen LogP contribution in [0.1, 0.15) is 51.3 Å². The van der Waals surface area contributed by atoms with Gasteiger partial charge in [0.2, 0.25) is 0 Å². The number of hydrogen-bond donors (Lipinski definition) is 0. The highest BCUT2D eigenvalue weighted by Crippen LogP contribution is 2.41. The van der Waals surface area contributed by atoms with Crippen LogP contribution in [0.4, 0.5) is 5.82 Å². The summed E-state index contributed by atoms with van der Waals surface area (Å²) in [4.78, 5) is 11.7. The number of ether oxygens (including phenoxy) is 2. The van der Waals surface area contributed by atoms with Crippen LogP contribution in [0.15, 0.2) is 55.1 Å². The number of hydrogen-bond acceptors (Lipinski definition) is 7. The van der Waals surface area contributed by atoms with Crippen LogP contribution in [0.3, 0.4) is 0 Å². The van der Waals surface area contributed by atoms with Crippen LogP contribution >= 0.6 is 0 Å². The number of rotatable bonds is 9. The maximum Gasteiger partial charge on any atom is 0.138 e. The summed E-state index contributed by atoms with van der Waals surface area (Å²) in [5, 5.41) is 14.1. The van der Waals surface area contributed by atoms with Gasteiger partial charge in [0.1, 0.15) is 23.4 Å². The smallest absolute Gasteiger partial charge is 0.138 e. The van der Waals surface area contributed by atoms with Gasteiger partial charge in [-0.25, -0.2) is 9.50 Å². The van der Waals surface area contributed by atoms with Crippen molar-refractivity contribution in [2.45, 2.75) is 52.6 Å². The highest BCUT2D eigenvalue weighted by atomic mass is 16.5. The molecule has 4 aromatic heterocycles. The summed E-state index contributed by atoms with van der Waals surface area (Å²) in [6, 6.07) is 12.6. The molecule has 0 radical (unpaired) electrons. The summed E-state index contributed by atoms with van der Waals surface area (Å²) in [5.74, 6) is 4.28. The molecule has 8 nitrogen and oxygen atoms in total. The van der Waals surface area contributed by atoms with Gasteiger partial charge in [-0.3, -0.25) is 4.98 Å². The van der Waals surface area contributed by atoms with Crippen molar-refractivity contribution in [3.05, 3.63) is 66.4 Å². The van der Waals surface area contributed by atoms with E-state index in [4.69, 9.17) is 14.5 Å². The summed E-state index contributed by atoms with van der Waals surface area (Å²) in [5.41, 5.74) is 4.24. The SMILES string of the molecule is CCc1ccc(OC2CC3CN(c4ccc(-c5cc(OCC(C)CC)cn6ncc(C#N)c56)cn4)CC3C2)cn1. The van der Waals surface area contributed by atoms with Gasteiger partial charge in [0.15, 0.2) is 0 Å². The number of anilines is 1. The molecule has 5 heterocycles. The molecule has 3 unspecified atom stereocenters. The Morgan fingerprint density at radius 1 is 1.02 bits per heavy atom. The zero-order valence-electron chi connectivity index (χ0n) is 23.5. The largest absolute Gasteiger partial charge is 0.492 e. The highest BCUT2D eigenvalue weighted by Gasteiger charge is 2.42. The van der Waals surface area contributed by atoms with Gasteiger partial charge in [-0.05, 0) is 67.3 Å². The lowest BCUT2D eigenvalue weighted by atomic mass is 10.0. The fourth-order valence-electron chi connectivity index (χ4n) is 5.98. The molecule has 0 amide bonds. The van der Waals surface area contributed by atoms with Crippen molar-refractivity contribution in [3.63, 3.8) is 0 Å². The summed E-state index contributed by atoms with van der Waals surface area (Å²) in [6.45, 7) is 9.07. The fraction of sp³-hybridized carbons (Fsp3) is 0.438. The van der Waals surface area contributed by atoms with Crippen molar-refractivity contribution in [3.8, 4) is 28.7 Å². The van der Waals surface area contributed by atoms with Crippen molar-refractivity contribution >= 4 is 11.3 Å². The van der Waals surface area contributed by atoms with E-state index in [0.29, 0.717) is 29.9 Å². The molecule has 3 atom stereocenters. The molecule has 1 saturated carbocycles. The van der Waals surface area contributed by atoms with E-state index >= 15 is 0 Å². The lowest BCUT2D eigenvalue weighted by molar-refractivity contribution is 0.199. The third kappa shape index (κ3) is 5.21. The summed E-state index contributed by atoms with van der Waals surface area (Å²) in [7, 11) is 0. The number of nitriles is 1. The Kier molecular flexibility index (Phi) is 7.29. The molecule has 2 aliphatic rings. The van der Waals surface area contributed by atoms with E-state index in [1.54, 1.807) is 10.7 Å². The van der Waals surface area contributed by atoms with Gasteiger partial charge in [0, 0.05) is 36.1 Å². The quantitative estimate of drug-likeness (QED) is 0.261. The first-order chi connectivity index (χ1) is 19.5. The standard InChI is InChI=1S/C32H36N6O2/c1-4-21(3)20-39-29-12-30(32-25(13-33)15-36-38(32)19-29)22-6-9-31(35-14-22)37-17-23-10-28(11-24(23)18-37)40-27-8-7-26(5-2)34-16-27/h6-9,12,14-16,19,21,23-24,28H,4-5,10-11,17-18,20H2,1-3H3. The maximum atomic E-state index is 9.69. The van der Waals surface area contributed by atoms with E-state index in [9.17, 15) is 5.26 Å². The first kappa shape index (κ1) is 26.1. The molecule has 1 saturated heterocycles. The van der Waals surface area contributed by atoms with E-state index in [1.165, 1.54) is 0 Å². The van der Waals surface area contributed by atoms with Crippen LogP contribution in [-0.2, 0) is 6.42 Å². The van der Waals surface area contributed by atoms with Gasteiger partial charge >= 0.3 is 0 Å². The van der Waals surface area contributed by atoms with Gasteiger partial charge in [-0.2, -0.15) is 10.4 Å². The Hall–Kier alpha value is -4.12. The molecular weight excluding hydrogens is 500 g/mol. The Labute approximate surface area is 235 Å². The second kappa shape index (κ2) is 11.2. The molecule has 0 bridgehead atoms. The number of aryl methyl sites for hydroxylation is 1. The van der Waals surface area contributed by atoms with E-state index in [1.807, 2.05) is 30.7 Å². The van der Waals surface area contributed by atoms with Crippen molar-refractivity contribution in [2.24, 2.45) is 17.8 Å². The van der Waals surface area contributed by atoms with Crippen molar-refractivity contribution in [1.82, 2.24) is 19.6 Å². The Morgan fingerprint density at radius 3 is 2.50 bits per heavy atom. The van der Waals surface area contributed by atoms with Gasteiger partial charge in [-0.1, -0.05) is 27.2 Å². The summed E-state index contributed by atoms with van der Waals surface area (Å²) >= 11 is 0. The zero-order chi connectivity index (χ0) is 27.6. The van der Waals surface area contributed by atoms with E-state index in [0.717, 1.165) is 78.4 Å². The molecule has 1 aliphatic carbocycles. The minimum absolute atomic E-state index is 0.254. The molecule has 4 aromatic rings. The van der Waals surface area contributed by atoms with Crippen LogP contribution in [-0.4, -0.2) is 45.4 Å². The summed E-state index contributed by atoms with van der Waals surface area (Å²) in [6.07, 6.45) is 11.6. The van der Waals surface area contributed by atoms with Crippen LogP contribution in [0.2, 0.25) is 0 Å². The molecule has 0 N–H and O–H groups in total. The zero-order valence-corrected chi connectivity index (χ0v) is 23.5. The molecule has 40 heavy (non-hydrogen) atoms. The van der Waals surface area contributed by atoms with Crippen LogP contribution < -0.4 is 14.4 Å². The molecule has 8 heteroatoms. The highest BCUT2D eigenvalue weighted by molar-refractivity contribution is 5.85. The third-order valence-corrected chi connectivity index (χ3v) is 8.49. The average Bonchev–Trinajstić information content (AvgIpc) is 3.69. The van der Waals surface area contributed by atoms with Crippen molar-refractivity contribution < 1.29 is 9.47 Å². The topological polar surface area (TPSA) is 88.6 Å². The van der Waals surface area contributed by atoms with Crippen LogP contribution in [0.25, 0.3) is 16.6 Å². The first-order valence-electron chi connectivity index (χ1n) is 14.4. The monoisotopic (exact) mass is 536 g/mol. The van der Waals surface area contributed by atoms with Crippen molar-refractivity contribution in [1.29, 1.82) is 5.26 Å². The molecule has 206 valence electrons. The molecule has 0 spiro atoms. The van der Waals surface area contributed by atoms with Crippen molar-refractivity contribution in [2.75, 3.05) is 24.6 Å². The van der Waals surface area contributed by atoms with Gasteiger partial charge in [0.25, 0.3) is 0 Å². The molecule has 1 aliphatic heterocycles. The van der Waals surface area contributed by atoms with E-state index in [2.05, 4.69) is 60.0 Å². The Balaban J connectivity index is 1.15. The number of fused-ring (bicyclic) bond motifs is 2. The van der Waals surface area contributed by atoms with Gasteiger partial charge in [0.05, 0.1) is 42.4 Å². The minimum Gasteiger partial charge on any atom is -0.492 e. The lowest BCUT2D eigenvalue weighted by Gasteiger charge is -2.21. The van der Waals surface area contributed by atoms with Crippen LogP contribution in [0.5, 0.6) is 11.5 Å².